The zero-order valence-corrected chi connectivity index (χ0v) is 16.8. The van der Waals surface area contributed by atoms with Crippen LogP contribution in [0.15, 0.2) is 52.5 Å². The monoisotopic (exact) mass is 435 g/mol. The molecule has 0 fully saturated rings. The molecule has 28 heavy (non-hydrogen) atoms. The van der Waals surface area contributed by atoms with Crippen molar-refractivity contribution in [2.75, 3.05) is 11.9 Å². The number of carbonyl (C=O) groups is 2. The maximum atomic E-state index is 12.0. The van der Waals surface area contributed by atoms with E-state index >= 15 is 0 Å². The average molecular weight is 436 g/mol. The lowest BCUT2D eigenvalue weighted by Gasteiger charge is -2.03. The van der Waals surface area contributed by atoms with Gasteiger partial charge in [0.2, 0.25) is 11.8 Å². The van der Waals surface area contributed by atoms with Crippen LogP contribution in [0.1, 0.15) is 12.2 Å². The highest BCUT2D eigenvalue weighted by atomic mass is 35.5. The van der Waals surface area contributed by atoms with Crippen molar-refractivity contribution in [1.29, 1.82) is 0 Å². The van der Waals surface area contributed by atoms with Crippen LogP contribution in [-0.4, -0.2) is 23.3 Å². The molecule has 0 atom stereocenters. The molecule has 2 aromatic heterocycles. The molecular formula is C19H15Cl2N3O3S. The van der Waals surface area contributed by atoms with Crippen molar-refractivity contribution in [3.8, 4) is 11.3 Å². The van der Waals surface area contributed by atoms with Crippen LogP contribution >= 0.6 is 34.5 Å². The summed E-state index contributed by atoms with van der Waals surface area (Å²) in [6.07, 6.45) is 4.54. The largest absolute Gasteiger partial charge is 0.465 e. The second-order valence-corrected chi connectivity index (χ2v) is 7.30. The number of benzene rings is 1. The molecule has 0 saturated carbocycles. The van der Waals surface area contributed by atoms with E-state index in [1.807, 2.05) is 0 Å². The molecule has 1 aromatic carbocycles. The van der Waals surface area contributed by atoms with E-state index in [1.54, 1.807) is 41.8 Å². The van der Waals surface area contributed by atoms with Gasteiger partial charge in [-0.15, -0.1) is 11.3 Å². The van der Waals surface area contributed by atoms with E-state index < -0.39 is 0 Å². The van der Waals surface area contributed by atoms with E-state index in [-0.39, 0.29) is 24.8 Å². The van der Waals surface area contributed by atoms with Crippen molar-refractivity contribution >= 4 is 57.6 Å². The van der Waals surface area contributed by atoms with Crippen molar-refractivity contribution in [2.45, 2.75) is 6.42 Å². The summed E-state index contributed by atoms with van der Waals surface area (Å²) < 4.78 is 5.09. The summed E-state index contributed by atoms with van der Waals surface area (Å²) >= 11 is 13.4. The molecule has 0 radical (unpaired) electrons. The van der Waals surface area contributed by atoms with Gasteiger partial charge in [-0.25, -0.2) is 4.98 Å². The van der Waals surface area contributed by atoms with E-state index in [1.165, 1.54) is 23.7 Å². The third-order valence-electron chi connectivity index (χ3n) is 3.55. The predicted octanol–water partition coefficient (Wildman–Crippen LogP) is 4.87. The molecular weight excluding hydrogens is 421 g/mol. The van der Waals surface area contributed by atoms with Gasteiger partial charge in [0.15, 0.2) is 5.13 Å². The van der Waals surface area contributed by atoms with Crippen LogP contribution in [0.3, 0.4) is 0 Å². The highest BCUT2D eigenvalue weighted by molar-refractivity contribution is 7.14. The third kappa shape index (κ3) is 5.69. The average Bonchev–Trinajstić information content (AvgIpc) is 3.32. The molecule has 0 aliphatic carbocycles. The van der Waals surface area contributed by atoms with Gasteiger partial charge in [-0.05, 0) is 36.4 Å². The molecule has 0 aliphatic rings. The Kier molecular flexibility index (Phi) is 6.86. The molecule has 3 aromatic rings. The van der Waals surface area contributed by atoms with Crippen LogP contribution in [0.5, 0.6) is 0 Å². The number of anilines is 1. The van der Waals surface area contributed by atoms with Crippen molar-refractivity contribution in [1.82, 2.24) is 10.3 Å². The van der Waals surface area contributed by atoms with Crippen molar-refractivity contribution in [3.05, 3.63) is 63.9 Å². The second-order valence-electron chi connectivity index (χ2n) is 5.60. The zero-order valence-electron chi connectivity index (χ0n) is 14.4. The number of rotatable bonds is 7. The highest BCUT2D eigenvalue weighted by Crippen LogP contribution is 2.32. The molecule has 2 amide bonds. The molecule has 2 N–H and O–H groups in total. The SMILES string of the molecule is O=C(/C=C/c1ccco1)NCCC(=O)Nc1nc(-c2ccc(Cl)cc2Cl)cs1. The van der Waals surface area contributed by atoms with E-state index in [0.717, 1.165) is 5.56 Å². The van der Waals surface area contributed by atoms with E-state index in [2.05, 4.69) is 15.6 Å². The molecule has 0 aliphatic heterocycles. The first-order valence-corrected chi connectivity index (χ1v) is 9.85. The summed E-state index contributed by atoms with van der Waals surface area (Å²) in [5, 5.41) is 8.62. The van der Waals surface area contributed by atoms with Gasteiger partial charge >= 0.3 is 0 Å². The van der Waals surface area contributed by atoms with Gasteiger partial charge in [0, 0.05) is 35.0 Å². The molecule has 9 heteroatoms. The number of amides is 2. The maximum absolute atomic E-state index is 12.0. The van der Waals surface area contributed by atoms with Gasteiger partial charge in [-0.3, -0.25) is 9.59 Å². The fourth-order valence-electron chi connectivity index (χ4n) is 2.24. The van der Waals surface area contributed by atoms with Crippen LogP contribution in [-0.2, 0) is 9.59 Å². The first-order valence-electron chi connectivity index (χ1n) is 8.21. The first-order chi connectivity index (χ1) is 13.5. The Bertz CT molecular complexity index is 1000. The molecule has 0 saturated heterocycles. The summed E-state index contributed by atoms with van der Waals surface area (Å²) in [6.45, 7) is 0.203. The minimum Gasteiger partial charge on any atom is -0.465 e. The second kappa shape index (κ2) is 9.54. The highest BCUT2D eigenvalue weighted by Gasteiger charge is 2.11. The fourth-order valence-corrected chi connectivity index (χ4v) is 3.47. The van der Waals surface area contributed by atoms with Gasteiger partial charge in [-0.1, -0.05) is 23.2 Å². The number of hydrogen-bond acceptors (Lipinski definition) is 5. The Balaban J connectivity index is 1.46. The smallest absolute Gasteiger partial charge is 0.244 e. The van der Waals surface area contributed by atoms with Gasteiger partial charge in [0.25, 0.3) is 0 Å². The van der Waals surface area contributed by atoms with Gasteiger partial charge in [0.1, 0.15) is 5.76 Å². The zero-order chi connectivity index (χ0) is 19.9. The van der Waals surface area contributed by atoms with Crippen molar-refractivity contribution in [2.24, 2.45) is 0 Å². The maximum Gasteiger partial charge on any atom is 0.244 e. The molecule has 3 rings (SSSR count). The topological polar surface area (TPSA) is 84.2 Å². The van der Waals surface area contributed by atoms with E-state index in [0.29, 0.717) is 26.6 Å². The third-order valence-corrected chi connectivity index (χ3v) is 4.86. The van der Waals surface area contributed by atoms with Crippen molar-refractivity contribution < 1.29 is 14.0 Å². The molecule has 0 unspecified atom stereocenters. The molecule has 0 spiro atoms. The molecule has 6 nitrogen and oxygen atoms in total. The van der Waals surface area contributed by atoms with E-state index in [9.17, 15) is 9.59 Å². The number of carbonyl (C=O) groups excluding carboxylic acids is 2. The molecule has 0 bridgehead atoms. The van der Waals surface area contributed by atoms with Gasteiger partial charge in [-0.2, -0.15) is 0 Å². The van der Waals surface area contributed by atoms with Gasteiger partial charge < -0.3 is 15.1 Å². The summed E-state index contributed by atoms with van der Waals surface area (Å²) in [5.41, 5.74) is 1.39. The van der Waals surface area contributed by atoms with Crippen molar-refractivity contribution in [3.63, 3.8) is 0 Å². The van der Waals surface area contributed by atoms with Crippen LogP contribution < -0.4 is 10.6 Å². The number of nitrogens with zero attached hydrogens (tertiary/aromatic N) is 1. The predicted molar refractivity (Wildman–Crippen MR) is 112 cm³/mol. The lowest BCUT2D eigenvalue weighted by molar-refractivity contribution is -0.117. The number of aromatic nitrogens is 1. The number of hydrogen-bond donors (Lipinski definition) is 2. The Morgan fingerprint density at radius 2 is 2.11 bits per heavy atom. The Labute approximate surface area is 175 Å². The van der Waals surface area contributed by atoms with E-state index in [4.69, 9.17) is 27.6 Å². The summed E-state index contributed by atoms with van der Waals surface area (Å²) in [5.74, 6) is 0.0183. The summed E-state index contributed by atoms with van der Waals surface area (Å²) in [4.78, 5) is 28.1. The number of halogens is 2. The normalized spacial score (nSPS) is 10.9. The lowest BCUT2D eigenvalue weighted by atomic mass is 10.2. The summed E-state index contributed by atoms with van der Waals surface area (Å²) in [7, 11) is 0. The van der Waals surface area contributed by atoms with Crippen LogP contribution in [0.25, 0.3) is 17.3 Å². The van der Waals surface area contributed by atoms with Gasteiger partial charge in [0.05, 0.1) is 17.0 Å². The standard InChI is InChI=1S/C19H15Cl2N3O3S/c20-12-3-5-14(15(21)10-12)16-11-28-19(23-16)24-18(26)7-8-22-17(25)6-4-13-2-1-9-27-13/h1-6,9-11H,7-8H2,(H,22,25)(H,23,24,26)/b6-4+. The van der Waals surface area contributed by atoms with Crippen LogP contribution in [0, 0.1) is 0 Å². The minimum atomic E-state index is -0.307. The summed E-state index contributed by atoms with van der Waals surface area (Å²) in [6, 6.07) is 8.60. The molecule has 144 valence electrons. The first kappa shape index (κ1) is 20.1. The Hall–Kier alpha value is -2.61. The van der Waals surface area contributed by atoms with Crippen LogP contribution in [0.4, 0.5) is 5.13 Å². The Morgan fingerprint density at radius 1 is 1.25 bits per heavy atom. The number of furan rings is 1. The number of thiazole rings is 1. The van der Waals surface area contributed by atoms with Crippen LogP contribution in [0.2, 0.25) is 10.0 Å². The number of nitrogens with one attached hydrogen (secondary N) is 2. The minimum absolute atomic E-state index is 0.122. The Morgan fingerprint density at radius 3 is 2.86 bits per heavy atom. The lowest BCUT2D eigenvalue weighted by Crippen LogP contribution is -2.26. The quantitative estimate of drug-likeness (QED) is 0.518. The molecule has 2 heterocycles. The fraction of sp³-hybridized carbons (Fsp3) is 0.105.